The Kier molecular flexibility index (Phi) is 14.7. The third kappa shape index (κ3) is 9.42. The number of hydrogen-bond donors (Lipinski definition) is 5. The third-order valence-corrected chi connectivity index (χ3v) is 12.8. The predicted octanol–water partition coefficient (Wildman–Crippen LogP) is 8.28. The van der Waals surface area contributed by atoms with Crippen molar-refractivity contribution >= 4 is 99.2 Å². The summed E-state index contributed by atoms with van der Waals surface area (Å²) in [4.78, 5) is 47.2. The van der Waals surface area contributed by atoms with Crippen LogP contribution in [0, 0.1) is 0 Å². The van der Waals surface area contributed by atoms with Crippen LogP contribution in [0.15, 0.2) is 49.1 Å². The fourth-order valence-corrected chi connectivity index (χ4v) is 9.63. The number of thiophene rings is 2. The molecule has 2 aromatic carbocycles. The van der Waals surface area contributed by atoms with E-state index in [1.807, 2.05) is 18.2 Å². The summed E-state index contributed by atoms with van der Waals surface area (Å²) in [5.41, 5.74) is 6.26. The van der Waals surface area contributed by atoms with Crippen LogP contribution in [0.5, 0.6) is 0 Å². The van der Waals surface area contributed by atoms with E-state index in [4.69, 9.17) is 5.73 Å². The fraction of sp³-hybridized carbons (Fsp3) is 0.436. The number of anilines is 2. The normalized spacial score (nSPS) is 19.6. The Morgan fingerprint density at radius 2 is 1.09 bits per heavy atom. The second-order valence-electron chi connectivity index (χ2n) is 14.3. The summed E-state index contributed by atoms with van der Waals surface area (Å²) in [5, 5.41) is 20.4. The molecule has 0 unspecified atom stereocenters. The van der Waals surface area contributed by atoms with E-state index in [0.29, 0.717) is 35.3 Å². The van der Waals surface area contributed by atoms with Crippen LogP contribution in [0.25, 0.3) is 40.6 Å². The van der Waals surface area contributed by atoms with Crippen LogP contribution in [0.2, 0.25) is 0 Å². The van der Waals surface area contributed by atoms with Crippen molar-refractivity contribution in [1.29, 1.82) is 0 Å². The number of amides is 1. The first-order chi connectivity index (χ1) is 25.0. The molecule has 0 atom stereocenters. The lowest BCUT2D eigenvalue weighted by Crippen LogP contribution is -2.36. The van der Waals surface area contributed by atoms with Gasteiger partial charge in [-0.1, -0.05) is 7.43 Å². The van der Waals surface area contributed by atoms with Crippen molar-refractivity contribution < 1.29 is 14.7 Å². The minimum atomic E-state index is -0.917. The summed E-state index contributed by atoms with van der Waals surface area (Å²) in [7, 11) is 8.59. The molecule has 4 heterocycles. The van der Waals surface area contributed by atoms with Crippen LogP contribution in [0.1, 0.15) is 79.5 Å². The number of nitrogens with two attached hydrogens (primary N) is 1. The van der Waals surface area contributed by atoms with Gasteiger partial charge in [-0.15, -0.1) is 35.1 Å². The fourth-order valence-electron chi connectivity index (χ4n) is 7.58. The summed E-state index contributed by atoms with van der Waals surface area (Å²) in [6, 6.07) is 12.9. The number of rotatable bonds is 8. The molecule has 0 saturated heterocycles. The summed E-state index contributed by atoms with van der Waals surface area (Å²) >= 11 is 3.18. The van der Waals surface area contributed by atoms with Gasteiger partial charge in [-0.25, -0.2) is 24.7 Å². The molecule has 296 valence electrons. The van der Waals surface area contributed by atoms with Crippen LogP contribution in [-0.4, -0.2) is 99.1 Å². The predicted molar refractivity (Wildman–Crippen MR) is 231 cm³/mol. The molecular formula is C39H53ClN10O3S2. The van der Waals surface area contributed by atoms with Gasteiger partial charge in [-0.3, -0.25) is 4.79 Å². The first kappa shape index (κ1) is 43.5. The molecule has 8 rings (SSSR count). The molecule has 2 aliphatic rings. The average Bonchev–Trinajstić information content (AvgIpc) is 3.71. The lowest BCUT2D eigenvalue weighted by Gasteiger charge is -2.33. The Morgan fingerprint density at radius 3 is 1.47 bits per heavy atom. The van der Waals surface area contributed by atoms with Gasteiger partial charge in [0.2, 0.25) is 5.91 Å². The molecule has 1 amide bonds. The van der Waals surface area contributed by atoms with Crippen molar-refractivity contribution in [3.8, 4) is 0 Å². The van der Waals surface area contributed by atoms with Crippen molar-refractivity contribution in [1.82, 2.24) is 35.9 Å². The minimum absolute atomic E-state index is 0. The zero-order valence-corrected chi connectivity index (χ0v) is 33.5. The Morgan fingerprint density at radius 1 is 0.691 bits per heavy atom. The molecule has 0 aliphatic heterocycles. The third-order valence-electron chi connectivity index (χ3n) is 10.6. The van der Waals surface area contributed by atoms with Gasteiger partial charge in [0.1, 0.15) is 34.0 Å². The number of fused-ring (bicyclic) bond motifs is 6. The lowest BCUT2D eigenvalue weighted by atomic mass is 9.90. The number of carbonyl (C=O) groups excluding carboxylic acids is 1. The van der Waals surface area contributed by atoms with Gasteiger partial charge in [0, 0.05) is 49.9 Å². The maximum atomic E-state index is 11.6. The van der Waals surface area contributed by atoms with Crippen LogP contribution in [0.3, 0.4) is 0 Å². The van der Waals surface area contributed by atoms with Gasteiger partial charge < -0.3 is 37.4 Å². The molecule has 4 aromatic heterocycles. The first-order valence-corrected chi connectivity index (χ1v) is 19.4. The zero-order chi connectivity index (χ0) is 36.5. The van der Waals surface area contributed by atoms with E-state index in [9.17, 15) is 14.7 Å². The van der Waals surface area contributed by atoms with E-state index < -0.39 is 11.9 Å². The number of hydrogen-bond acceptors (Lipinski definition) is 13. The maximum absolute atomic E-state index is 11.6. The van der Waals surface area contributed by atoms with Crippen molar-refractivity contribution in [2.45, 2.75) is 83.0 Å². The molecule has 55 heavy (non-hydrogen) atoms. The average molecular weight is 810 g/mol. The van der Waals surface area contributed by atoms with Gasteiger partial charge >= 0.3 is 5.97 Å². The summed E-state index contributed by atoms with van der Waals surface area (Å²) < 4.78 is 2.12. The first-order valence-electron chi connectivity index (χ1n) is 17.8. The van der Waals surface area contributed by atoms with E-state index in [1.54, 1.807) is 53.5 Å². The second-order valence-corrected chi connectivity index (χ2v) is 16.4. The van der Waals surface area contributed by atoms with Crippen LogP contribution in [0.4, 0.5) is 11.6 Å². The Hall–Kier alpha value is -4.25. The van der Waals surface area contributed by atoms with Crippen molar-refractivity contribution in [3.63, 3.8) is 0 Å². The van der Waals surface area contributed by atoms with E-state index in [2.05, 4.69) is 68.6 Å². The minimum Gasteiger partial charge on any atom is -0.478 e. The molecule has 8 N–H and O–H groups in total. The van der Waals surface area contributed by atoms with Gasteiger partial charge in [0.05, 0.1) is 16.3 Å². The number of carboxylic acids is 1. The van der Waals surface area contributed by atoms with Crippen LogP contribution in [-0.2, 0) is 0 Å². The number of nitrogens with zero attached hydrogens (tertiary/aromatic N) is 6. The van der Waals surface area contributed by atoms with Crippen LogP contribution >= 0.6 is 35.1 Å². The molecule has 0 spiro atoms. The molecule has 2 fully saturated rings. The number of carboxylic acid groups (broad SMARTS) is 1. The summed E-state index contributed by atoms with van der Waals surface area (Å²) in [6.45, 7) is 0. The quantitative estimate of drug-likeness (QED) is 0.0988. The van der Waals surface area contributed by atoms with Gasteiger partial charge in [0.25, 0.3) is 0 Å². The number of benzene rings is 2. The number of carbonyl (C=O) groups is 2. The summed E-state index contributed by atoms with van der Waals surface area (Å²) in [6.07, 6.45) is 12.4. The van der Waals surface area contributed by atoms with Crippen molar-refractivity contribution in [2.24, 2.45) is 5.73 Å². The Balaban J connectivity index is 0.000000232. The molecule has 13 nitrogen and oxygen atoms in total. The number of aromatic carboxylic acids is 1. The molecule has 2 aliphatic carbocycles. The molecule has 0 radical (unpaired) electrons. The highest BCUT2D eigenvalue weighted by molar-refractivity contribution is 7.26. The van der Waals surface area contributed by atoms with Crippen LogP contribution < -0.4 is 22.5 Å². The lowest BCUT2D eigenvalue weighted by molar-refractivity contribution is 0.0696. The Bertz CT molecular complexity index is 2090. The number of nitrogens with one attached hydrogen (secondary N) is 2. The highest BCUT2D eigenvalue weighted by Gasteiger charge is 2.25. The van der Waals surface area contributed by atoms with Gasteiger partial charge in [0.15, 0.2) is 0 Å². The molecule has 0 bridgehead atoms. The SMILES string of the molecule is C.CN(C)C1CCC(Nc2ncnc3sc4ccc(C(=O)O)cc4c23)CC1.CN(C)C1CCC(Nc2ncnc3sc4ccc(C(N)=O)cc4c23)CC1.Cl.N. The van der Waals surface area contributed by atoms with Gasteiger partial charge in [-0.2, -0.15) is 0 Å². The maximum Gasteiger partial charge on any atom is 0.335 e. The Labute approximate surface area is 336 Å². The number of halogens is 1. The molecular weight excluding hydrogens is 756 g/mol. The monoisotopic (exact) mass is 808 g/mol. The standard InChI is InChI=1S/C19H23N5OS.C19H22N4O2S.CH4.ClH.H3N/c1-24(2)13-6-4-12(5-7-13)23-18-16-14-9-11(17(20)25)3-8-15(14)26-19(16)22-10-21-18;1-23(2)13-6-4-12(5-7-13)22-17-16-14-9-11(19(24)25)3-8-15(14)26-18(16)21-10-20-17;;;/h3,8-10,12-13H,4-7H2,1-2H3,(H2,20,25)(H,21,22,23);3,8-10,12-13H,4-7H2,1-2H3,(H,24,25)(H,20,21,22);1H4;1H;1H3. The molecule has 2 saturated carbocycles. The highest BCUT2D eigenvalue weighted by Crippen LogP contribution is 2.39. The topological polar surface area (TPSA) is 197 Å². The van der Waals surface area contributed by atoms with E-state index in [1.165, 1.54) is 25.7 Å². The number of aromatic nitrogens is 4. The smallest absolute Gasteiger partial charge is 0.335 e. The summed E-state index contributed by atoms with van der Waals surface area (Å²) in [5.74, 6) is 0.340. The second kappa shape index (κ2) is 18.6. The number of primary amides is 1. The zero-order valence-electron chi connectivity index (χ0n) is 31.0. The van der Waals surface area contributed by atoms with E-state index >= 15 is 0 Å². The van der Waals surface area contributed by atoms with E-state index in [0.717, 1.165) is 77.9 Å². The molecule has 6 aromatic rings. The highest BCUT2D eigenvalue weighted by atomic mass is 35.5. The molecule has 16 heteroatoms. The van der Waals surface area contributed by atoms with Crippen molar-refractivity contribution in [2.75, 3.05) is 38.8 Å². The van der Waals surface area contributed by atoms with Gasteiger partial charge in [-0.05, 0) is 116 Å². The van der Waals surface area contributed by atoms with E-state index in [-0.39, 0.29) is 26.0 Å². The largest absolute Gasteiger partial charge is 0.478 e. The van der Waals surface area contributed by atoms with Crippen molar-refractivity contribution in [3.05, 3.63) is 60.2 Å².